The molecular formula is C15H21NS. The minimum Gasteiger partial charge on any atom is -0.312 e. The van der Waals surface area contributed by atoms with Crippen molar-refractivity contribution in [2.24, 2.45) is 5.92 Å². The second kappa shape index (κ2) is 5.36. The van der Waals surface area contributed by atoms with Gasteiger partial charge in [-0.15, -0.1) is 11.3 Å². The van der Waals surface area contributed by atoms with E-state index in [4.69, 9.17) is 0 Å². The summed E-state index contributed by atoms with van der Waals surface area (Å²) in [6.07, 6.45) is 12.6. The van der Waals surface area contributed by atoms with Crippen LogP contribution in [-0.4, -0.2) is 6.54 Å². The Morgan fingerprint density at radius 3 is 3.12 bits per heavy atom. The third kappa shape index (κ3) is 2.80. The fraction of sp³-hybridized carbons (Fsp3) is 0.600. The molecule has 0 fully saturated rings. The average molecular weight is 247 g/mol. The van der Waals surface area contributed by atoms with Crippen LogP contribution in [-0.2, 0) is 19.4 Å². The van der Waals surface area contributed by atoms with Gasteiger partial charge in [0.05, 0.1) is 0 Å². The van der Waals surface area contributed by atoms with Crippen molar-refractivity contribution < 1.29 is 0 Å². The molecule has 0 spiro atoms. The first-order chi connectivity index (χ1) is 8.42. The van der Waals surface area contributed by atoms with E-state index >= 15 is 0 Å². The van der Waals surface area contributed by atoms with Gasteiger partial charge in [-0.2, -0.15) is 0 Å². The third-order valence-corrected chi connectivity index (χ3v) is 5.14. The second-order valence-electron chi connectivity index (χ2n) is 5.30. The molecular weight excluding hydrogens is 226 g/mol. The molecule has 1 atom stereocenters. The quantitative estimate of drug-likeness (QED) is 0.800. The fourth-order valence-corrected chi connectivity index (χ4v) is 4.15. The zero-order chi connectivity index (χ0) is 11.5. The standard InChI is InChI=1S/C15H21NS/c1-2-5-12(6-3-1)10-16-11-14-9-13-7-4-8-15(13)17-14/h1-2,9,12,16H,3-8,10-11H2. The molecule has 3 rings (SSSR count). The van der Waals surface area contributed by atoms with E-state index in [1.807, 2.05) is 11.3 Å². The molecule has 2 aliphatic rings. The van der Waals surface area contributed by atoms with E-state index in [0.717, 1.165) is 12.5 Å². The highest BCUT2D eigenvalue weighted by Crippen LogP contribution is 2.30. The van der Waals surface area contributed by atoms with Crippen molar-refractivity contribution in [1.29, 1.82) is 0 Å². The van der Waals surface area contributed by atoms with Crippen LogP contribution in [0.3, 0.4) is 0 Å². The number of rotatable bonds is 4. The molecule has 0 aromatic carbocycles. The van der Waals surface area contributed by atoms with Gasteiger partial charge >= 0.3 is 0 Å². The lowest BCUT2D eigenvalue weighted by molar-refractivity contribution is 0.441. The molecule has 92 valence electrons. The van der Waals surface area contributed by atoms with Crippen molar-refractivity contribution >= 4 is 11.3 Å². The number of allylic oxidation sites excluding steroid dienone is 2. The number of hydrogen-bond acceptors (Lipinski definition) is 2. The molecule has 0 saturated heterocycles. The smallest absolute Gasteiger partial charge is 0.0300 e. The predicted octanol–water partition coefficient (Wildman–Crippen LogP) is 3.68. The number of nitrogens with one attached hydrogen (secondary N) is 1. The molecule has 1 nitrogen and oxygen atoms in total. The molecule has 2 heteroatoms. The SMILES string of the molecule is C1=CCC(CNCc2cc3c(s2)CCC3)CC1. The number of aryl methyl sites for hydroxylation is 2. The highest BCUT2D eigenvalue weighted by Gasteiger charge is 2.15. The topological polar surface area (TPSA) is 12.0 Å². The minimum atomic E-state index is 0.867. The monoisotopic (exact) mass is 247 g/mol. The van der Waals surface area contributed by atoms with Crippen molar-refractivity contribution in [2.75, 3.05) is 6.54 Å². The highest BCUT2D eigenvalue weighted by molar-refractivity contribution is 7.12. The summed E-state index contributed by atoms with van der Waals surface area (Å²) in [4.78, 5) is 3.20. The van der Waals surface area contributed by atoms with Crippen LogP contribution in [0.25, 0.3) is 0 Å². The van der Waals surface area contributed by atoms with Gasteiger partial charge in [-0.05, 0) is 62.6 Å². The Labute approximate surface area is 108 Å². The molecule has 0 saturated carbocycles. The summed E-state index contributed by atoms with van der Waals surface area (Å²) in [7, 11) is 0. The third-order valence-electron chi connectivity index (χ3n) is 3.91. The van der Waals surface area contributed by atoms with Gasteiger partial charge in [-0.1, -0.05) is 12.2 Å². The van der Waals surface area contributed by atoms with Crippen LogP contribution in [0.4, 0.5) is 0 Å². The zero-order valence-electron chi connectivity index (χ0n) is 10.4. The Morgan fingerprint density at radius 1 is 1.29 bits per heavy atom. The van der Waals surface area contributed by atoms with Gasteiger partial charge in [0.1, 0.15) is 0 Å². The average Bonchev–Trinajstić information content (AvgIpc) is 2.91. The van der Waals surface area contributed by atoms with Gasteiger partial charge < -0.3 is 5.32 Å². The summed E-state index contributed by atoms with van der Waals surface area (Å²) >= 11 is 2.03. The van der Waals surface area contributed by atoms with Crippen molar-refractivity contribution in [2.45, 2.75) is 45.1 Å². The summed E-state index contributed by atoms with van der Waals surface area (Å²) in [5.41, 5.74) is 1.63. The van der Waals surface area contributed by atoms with Gasteiger partial charge in [0, 0.05) is 16.3 Å². The zero-order valence-corrected chi connectivity index (χ0v) is 11.2. The Hall–Kier alpha value is -0.600. The Kier molecular flexibility index (Phi) is 3.62. The Bertz CT molecular complexity index is 384. The van der Waals surface area contributed by atoms with Gasteiger partial charge in [0.2, 0.25) is 0 Å². The van der Waals surface area contributed by atoms with Crippen molar-refractivity contribution in [3.63, 3.8) is 0 Å². The first kappa shape index (κ1) is 11.5. The molecule has 1 N–H and O–H groups in total. The lowest BCUT2D eigenvalue weighted by Crippen LogP contribution is -2.22. The van der Waals surface area contributed by atoms with E-state index in [-0.39, 0.29) is 0 Å². The normalized spacial score (nSPS) is 22.9. The van der Waals surface area contributed by atoms with Crippen LogP contribution in [0.5, 0.6) is 0 Å². The van der Waals surface area contributed by atoms with Crippen LogP contribution in [0.1, 0.15) is 41.0 Å². The Balaban J connectivity index is 1.45. The lowest BCUT2D eigenvalue weighted by Gasteiger charge is -2.17. The fourth-order valence-electron chi connectivity index (χ4n) is 2.92. The maximum atomic E-state index is 3.64. The number of fused-ring (bicyclic) bond motifs is 1. The minimum absolute atomic E-state index is 0.867. The van der Waals surface area contributed by atoms with E-state index in [1.54, 1.807) is 15.3 Å². The summed E-state index contributed by atoms with van der Waals surface area (Å²) in [6.45, 7) is 2.27. The van der Waals surface area contributed by atoms with E-state index in [2.05, 4.69) is 23.5 Å². The first-order valence-corrected chi connectivity index (χ1v) is 7.69. The second-order valence-corrected chi connectivity index (χ2v) is 6.52. The van der Waals surface area contributed by atoms with E-state index < -0.39 is 0 Å². The van der Waals surface area contributed by atoms with E-state index in [1.165, 1.54) is 45.1 Å². The summed E-state index contributed by atoms with van der Waals surface area (Å²) < 4.78 is 0. The first-order valence-electron chi connectivity index (χ1n) is 6.88. The van der Waals surface area contributed by atoms with Crippen LogP contribution in [0.2, 0.25) is 0 Å². The predicted molar refractivity (Wildman–Crippen MR) is 74.5 cm³/mol. The molecule has 1 unspecified atom stereocenters. The molecule has 1 aromatic rings. The molecule has 1 heterocycles. The van der Waals surface area contributed by atoms with Crippen LogP contribution < -0.4 is 5.32 Å². The molecule has 0 aliphatic heterocycles. The van der Waals surface area contributed by atoms with Crippen molar-refractivity contribution in [3.8, 4) is 0 Å². The summed E-state index contributed by atoms with van der Waals surface area (Å²) in [5.74, 6) is 0.867. The highest BCUT2D eigenvalue weighted by atomic mass is 32.1. The van der Waals surface area contributed by atoms with Gasteiger partial charge in [-0.25, -0.2) is 0 Å². The van der Waals surface area contributed by atoms with Crippen LogP contribution in [0.15, 0.2) is 18.2 Å². The molecule has 0 bridgehead atoms. The molecule has 2 aliphatic carbocycles. The van der Waals surface area contributed by atoms with Crippen molar-refractivity contribution in [1.82, 2.24) is 5.32 Å². The maximum Gasteiger partial charge on any atom is 0.0300 e. The lowest BCUT2D eigenvalue weighted by atomic mass is 9.94. The van der Waals surface area contributed by atoms with Gasteiger partial charge in [0.25, 0.3) is 0 Å². The van der Waals surface area contributed by atoms with Crippen LogP contribution >= 0.6 is 11.3 Å². The summed E-state index contributed by atoms with van der Waals surface area (Å²) in [5, 5.41) is 3.64. The maximum absolute atomic E-state index is 3.64. The van der Waals surface area contributed by atoms with E-state index in [0.29, 0.717) is 0 Å². The number of thiophene rings is 1. The Morgan fingerprint density at radius 2 is 2.29 bits per heavy atom. The summed E-state index contributed by atoms with van der Waals surface area (Å²) in [6, 6.07) is 2.43. The molecule has 17 heavy (non-hydrogen) atoms. The van der Waals surface area contributed by atoms with Crippen LogP contribution in [0, 0.1) is 5.92 Å². The van der Waals surface area contributed by atoms with Gasteiger partial charge in [0.15, 0.2) is 0 Å². The van der Waals surface area contributed by atoms with E-state index in [9.17, 15) is 0 Å². The van der Waals surface area contributed by atoms with Gasteiger partial charge in [-0.3, -0.25) is 0 Å². The number of hydrogen-bond donors (Lipinski definition) is 1. The molecule has 1 aromatic heterocycles. The molecule has 0 radical (unpaired) electrons. The molecule has 0 amide bonds. The van der Waals surface area contributed by atoms with Crippen molar-refractivity contribution in [3.05, 3.63) is 33.5 Å². The largest absolute Gasteiger partial charge is 0.312 e.